The van der Waals surface area contributed by atoms with Crippen LogP contribution in [0.25, 0.3) is 0 Å². The summed E-state index contributed by atoms with van der Waals surface area (Å²) in [5, 5.41) is 11.8. The quantitative estimate of drug-likeness (QED) is 0.788. The summed E-state index contributed by atoms with van der Waals surface area (Å²) < 4.78 is 0. The van der Waals surface area contributed by atoms with Gasteiger partial charge in [-0.2, -0.15) is 0 Å². The molecule has 1 aliphatic rings. The minimum absolute atomic E-state index is 0.230. The molecule has 1 heterocycles. The fourth-order valence-corrected chi connectivity index (χ4v) is 2.51. The van der Waals surface area contributed by atoms with Gasteiger partial charge in [-0.15, -0.1) is 0 Å². The molecular weight excluding hydrogens is 256 g/mol. The maximum Gasteiger partial charge on any atom is 0.326 e. The summed E-state index contributed by atoms with van der Waals surface area (Å²) in [6.45, 7) is 7.88. The predicted molar refractivity (Wildman–Crippen MR) is 78.7 cm³/mol. The SMILES string of the molecule is CCCC[C@H](NC(=O)N1CCC(C)(CC)CC1)C(=O)O. The van der Waals surface area contributed by atoms with Gasteiger partial charge in [0, 0.05) is 13.1 Å². The van der Waals surface area contributed by atoms with E-state index in [-0.39, 0.29) is 6.03 Å². The van der Waals surface area contributed by atoms with Crippen LogP contribution >= 0.6 is 0 Å². The van der Waals surface area contributed by atoms with E-state index in [0.717, 1.165) is 45.2 Å². The highest BCUT2D eigenvalue weighted by Crippen LogP contribution is 2.33. The zero-order chi connectivity index (χ0) is 15.2. The number of carbonyl (C=O) groups is 2. The molecule has 0 radical (unpaired) electrons. The number of urea groups is 1. The number of aliphatic carboxylic acids is 1. The molecular formula is C15H28N2O3. The summed E-state index contributed by atoms with van der Waals surface area (Å²) in [5.41, 5.74) is 0.325. The van der Waals surface area contributed by atoms with Crippen LogP contribution in [0.5, 0.6) is 0 Å². The predicted octanol–water partition coefficient (Wildman–Crippen LogP) is 2.85. The molecule has 0 aromatic carbocycles. The van der Waals surface area contributed by atoms with Crippen LogP contribution in [0.4, 0.5) is 4.79 Å². The van der Waals surface area contributed by atoms with Crippen molar-refractivity contribution in [1.29, 1.82) is 0 Å². The molecule has 0 bridgehead atoms. The molecule has 0 spiro atoms. The van der Waals surface area contributed by atoms with Gasteiger partial charge in [-0.1, -0.05) is 40.0 Å². The van der Waals surface area contributed by atoms with Gasteiger partial charge < -0.3 is 15.3 Å². The summed E-state index contributed by atoms with van der Waals surface area (Å²) in [5.74, 6) is -0.942. The Morgan fingerprint density at radius 1 is 1.30 bits per heavy atom. The number of carbonyl (C=O) groups excluding carboxylic acids is 1. The van der Waals surface area contributed by atoms with E-state index in [0.29, 0.717) is 11.8 Å². The molecule has 1 atom stereocenters. The molecule has 0 aromatic heterocycles. The lowest BCUT2D eigenvalue weighted by Gasteiger charge is -2.39. The lowest BCUT2D eigenvalue weighted by molar-refractivity contribution is -0.139. The van der Waals surface area contributed by atoms with E-state index < -0.39 is 12.0 Å². The third kappa shape index (κ3) is 4.69. The van der Waals surface area contributed by atoms with E-state index in [9.17, 15) is 9.59 Å². The number of hydrogen-bond acceptors (Lipinski definition) is 2. The van der Waals surface area contributed by atoms with Gasteiger partial charge in [0.05, 0.1) is 0 Å². The van der Waals surface area contributed by atoms with Crippen molar-refractivity contribution in [2.45, 2.75) is 65.3 Å². The third-order valence-electron chi connectivity index (χ3n) is 4.55. The Morgan fingerprint density at radius 3 is 2.35 bits per heavy atom. The number of carboxylic acid groups (broad SMARTS) is 1. The number of unbranched alkanes of at least 4 members (excludes halogenated alkanes) is 1. The highest BCUT2D eigenvalue weighted by molar-refractivity contribution is 5.82. The zero-order valence-electron chi connectivity index (χ0n) is 12.9. The number of rotatable bonds is 6. The molecule has 1 saturated heterocycles. The normalized spacial score (nSPS) is 19.4. The number of hydrogen-bond donors (Lipinski definition) is 2. The fourth-order valence-electron chi connectivity index (χ4n) is 2.51. The van der Waals surface area contributed by atoms with Gasteiger partial charge in [-0.05, 0) is 24.7 Å². The van der Waals surface area contributed by atoms with Crippen molar-refractivity contribution in [3.05, 3.63) is 0 Å². The van der Waals surface area contributed by atoms with Gasteiger partial charge >= 0.3 is 12.0 Å². The molecule has 5 nitrogen and oxygen atoms in total. The number of nitrogens with one attached hydrogen (secondary N) is 1. The number of nitrogens with zero attached hydrogens (tertiary/aromatic N) is 1. The molecule has 2 amide bonds. The summed E-state index contributed by atoms with van der Waals surface area (Å²) in [6.07, 6.45) is 5.34. The van der Waals surface area contributed by atoms with Crippen molar-refractivity contribution in [1.82, 2.24) is 10.2 Å². The Morgan fingerprint density at radius 2 is 1.90 bits per heavy atom. The Kier molecular flexibility index (Phi) is 6.30. The maximum absolute atomic E-state index is 12.1. The monoisotopic (exact) mass is 284 g/mol. The number of carboxylic acids is 1. The highest BCUT2D eigenvalue weighted by Gasteiger charge is 2.31. The van der Waals surface area contributed by atoms with Crippen LogP contribution < -0.4 is 5.32 Å². The lowest BCUT2D eigenvalue weighted by atomic mass is 9.78. The van der Waals surface area contributed by atoms with E-state index in [4.69, 9.17) is 5.11 Å². The first-order valence-corrected chi connectivity index (χ1v) is 7.70. The second-order valence-electron chi connectivity index (χ2n) is 6.13. The number of amides is 2. The first-order chi connectivity index (χ1) is 9.41. The van der Waals surface area contributed by atoms with Crippen LogP contribution in [0.2, 0.25) is 0 Å². The highest BCUT2D eigenvalue weighted by atomic mass is 16.4. The summed E-state index contributed by atoms with van der Waals surface area (Å²) in [4.78, 5) is 25.0. The fraction of sp³-hybridized carbons (Fsp3) is 0.867. The van der Waals surface area contributed by atoms with Crippen molar-refractivity contribution in [3.8, 4) is 0 Å². The van der Waals surface area contributed by atoms with Crippen LogP contribution in [-0.4, -0.2) is 41.1 Å². The maximum atomic E-state index is 12.1. The standard InChI is InChI=1S/C15H28N2O3/c1-4-6-7-12(13(18)19)16-14(20)17-10-8-15(3,5-2)9-11-17/h12H,4-11H2,1-3H3,(H,16,20)(H,18,19)/t12-/m0/s1. The average Bonchev–Trinajstić information content (AvgIpc) is 2.43. The lowest BCUT2D eigenvalue weighted by Crippen LogP contribution is -2.51. The molecule has 20 heavy (non-hydrogen) atoms. The van der Waals surface area contributed by atoms with Crippen molar-refractivity contribution < 1.29 is 14.7 Å². The van der Waals surface area contributed by atoms with Crippen molar-refractivity contribution in [2.75, 3.05) is 13.1 Å². The van der Waals surface area contributed by atoms with Gasteiger partial charge in [-0.25, -0.2) is 9.59 Å². The van der Waals surface area contributed by atoms with Crippen LogP contribution in [0.15, 0.2) is 0 Å². The van der Waals surface area contributed by atoms with Gasteiger partial charge in [0.1, 0.15) is 6.04 Å². The van der Waals surface area contributed by atoms with Crippen molar-refractivity contribution in [2.24, 2.45) is 5.41 Å². The van der Waals surface area contributed by atoms with E-state index in [1.165, 1.54) is 0 Å². The Balaban J connectivity index is 2.47. The van der Waals surface area contributed by atoms with Crippen molar-refractivity contribution >= 4 is 12.0 Å². The topological polar surface area (TPSA) is 69.6 Å². The molecule has 1 aliphatic heterocycles. The van der Waals surface area contributed by atoms with Crippen LogP contribution in [0, 0.1) is 5.41 Å². The molecule has 1 fully saturated rings. The van der Waals surface area contributed by atoms with Gasteiger partial charge in [0.15, 0.2) is 0 Å². The molecule has 5 heteroatoms. The smallest absolute Gasteiger partial charge is 0.326 e. The van der Waals surface area contributed by atoms with E-state index in [1.807, 2.05) is 6.92 Å². The molecule has 0 unspecified atom stereocenters. The third-order valence-corrected chi connectivity index (χ3v) is 4.55. The van der Waals surface area contributed by atoms with Gasteiger partial charge in [-0.3, -0.25) is 0 Å². The average molecular weight is 284 g/mol. The molecule has 1 rings (SSSR count). The minimum atomic E-state index is -0.942. The van der Waals surface area contributed by atoms with Gasteiger partial charge in [0.2, 0.25) is 0 Å². The molecule has 0 aromatic rings. The first kappa shape index (κ1) is 16.8. The van der Waals surface area contributed by atoms with Crippen LogP contribution in [-0.2, 0) is 4.79 Å². The summed E-state index contributed by atoms with van der Waals surface area (Å²) in [7, 11) is 0. The van der Waals surface area contributed by atoms with Crippen LogP contribution in [0.3, 0.4) is 0 Å². The number of likely N-dealkylation sites (tertiary alicyclic amines) is 1. The second kappa shape index (κ2) is 7.50. The summed E-state index contributed by atoms with van der Waals surface area (Å²) >= 11 is 0. The largest absolute Gasteiger partial charge is 0.480 e. The Bertz CT molecular complexity index is 336. The minimum Gasteiger partial charge on any atom is -0.480 e. The van der Waals surface area contributed by atoms with E-state index in [2.05, 4.69) is 19.2 Å². The summed E-state index contributed by atoms with van der Waals surface area (Å²) in [6, 6.07) is -0.992. The Labute approximate surface area is 121 Å². The van der Waals surface area contributed by atoms with E-state index in [1.54, 1.807) is 4.90 Å². The Hall–Kier alpha value is -1.26. The zero-order valence-corrected chi connectivity index (χ0v) is 12.9. The molecule has 0 aliphatic carbocycles. The van der Waals surface area contributed by atoms with E-state index >= 15 is 0 Å². The van der Waals surface area contributed by atoms with Crippen molar-refractivity contribution in [3.63, 3.8) is 0 Å². The van der Waals surface area contributed by atoms with Gasteiger partial charge in [0.25, 0.3) is 0 Å². The number of piperidine rings is 1. The molecule has 116 valence electrons. The molecule has 2 N–H and O–H groups in total. The second-order valence-corrected chi connectivity index (χ2v) is 6.13. The molecule has 0 saturated carbocycles. The van der Waals surface area contributed by atoms with Crippen LogP contribution in [0.1, 0.15) is 59.3 Å². The first-order valence-electron chi connectivity index (χ1n) is 7.70.